The zero-order chi connectivity index (χ0) is 13.1. The molecule has 18 heavy (non-hydrogen) atoms. The molecule has 0 saturated carbocycles. The van der Waals surface area contributed by atoms with Gasteiger partial charge in [-0.15, -0.1) is 0 Å². The minimum Gasteiger partial charge on any atom is -0.480 e. The summed E-state index contributed by atoms with van der Waals surface area (Å²) in [7, 11) is 0. The van der Waals surface area contributed by atoms with Gasteiger partial charge in [0.2, 0.25) is 0 Å². The molecule has 1 aliphatic heterocycles. The van der Waals surface area contributed by atoms with Crippen LogP contribution in [0.2, 0.25) is 5.02 Å². The molecule has 1 atom stereocenters. The first-order valence-corrected chi connectivity index (χ1v) is 5.97. The van der Waals surface area contributed by atoms with Crippen LogP contribution >= 0.6 is 11.6 Å². The first-order chi connectivity index (χ1) is 8.58. The lowest BCUT2D eigenvalue weighted by atomic mass is 10.1. The van der Waals surface area contributed by atoms with Crippen LogP contribution in [0.5, 0.6) is 0 Å². The number of aliphatic carboxylic acids is 1. The number of carbonyl (C=O) groups excluding carboxylic acids is 1. The van der Waals surface area contributed by atoms with Crippen molar-refractivity contribution in [1.29, 1.82) is 0 Å². The lowest BCUT2D eigenvalue weighted by Gasteiger charge is -2.31. The smallest absolute Gasteiger partial charge is 0.322 e. The number of benzene rings is 1. The summed E-state index contributed by atoms with van der Waals surface area (Å²) in [5.41, 5.74) is 0.519. The second kappa shape index (κ2) is 5.37. The summed E-state index contributed by atoms with van der Waals surface area (Å²) < 4.78 is 0. The zero-order valence-electron chi connectivity index (χ0n) is 9.60. The zero-order valence-corrected chi connectivity index (χ0v) is 10.4. The minimum absolute atomic E-state index is 0.167. The van der Waals surface area contributed by atoms with E-state index in [1.807, 2.05) is 0 Å². The van der Waals surface area contributed by atoms with E-state index in [1.54, 1.807) is 29.2 Å². The quantitative estimate of drug-likeness (QED) is 0.834. The summed E-state index contributed by atoms with van der Waals surface area (Å²) in [6.07, 6.45) is 0. The van der Waals surface area contributed by atoms with E-state index in [4.69, 9.17) is 16.7 Å². The molecule has 0 aromatic heterocycles. The molecular formula is C12H13ClN2O3. The molecule has 0 aliphatic carbocycles. The van der Waals surface area contributed by atoms with Crippen LogP contribution in [0.3, 0.4) is 0 Å². The van der Waals surface area contributed by atoms with E-state index in [-0.39, 0.29) is 12.5 Å². The topological polar surface area (TPSA) is 69.6 Å². The fraction of sp³-hybridized carbons (Fsp3) is 0.333. The number of carboxylic acid groups (broad SMARTS) is 1. The third-order valence-electron chi connectivity index (χ3n) is 2.85. The van der Waals surface area contributed by atoms with Crippen LogP contribution in [0.25, 0.3) is 0 Å². The molecule has 96 valence electrons. The summed E-state index contributed by atoms with van der Waals surface area (Å²) in [6, 6.07) is 5.87. The fourth-order valence-corrected chi connectivity index (χ4v) is 2.00. The number of amides is 1. The van der Waals surface area contributed by atoms with Crippen LogP contribution in [0.4, 0.5) is 0 Å². The third kappa shape index (κ3) is 2.80. The van der Waals surface area contributed by atoms with Crippen LogP contribution in [0.15, 0.2) is 24.3 Å². The maximum absolute atomic E-state index is 12.1. The lowest BCUT2D eigenvalue weighted by Crippen LogP contribution is -2.55. The maximum Gasteiger partial charge on any atom is 0.322 e. The highest BCUT2D eigenvalue weighted by molar-refractivity contribution is 6.30. The summed E-state index contributed by atoms with van der Waals surface area (Å²) in [6.45, 7) is 1.17. The second-order valence-corrected chi connectivity index (χ2v) is 4.54. The van der Waals surface area contributed by atoms with Crippen molar-refractivity contribution in [3.05, 3.63) is 34.9 Å². The average molecular weight is 269 g/mol. The number of rotatable bonds is 2. The lowest BCUT2D eigenvalue weighted by molar-refractivity contribution is -0.140. The Kier molecular flexibility index (Phi) is 3.84. The summed E-state index contributed by atoms with van der Waals surface area (Å²) in [5.74, 6) is -1.11. The van der Waals surface area contributed by atoms with Crippen LogP contribution in [0, 0.1) is 0 Å². The van der Waals surface area contributed by atoms with Crippen LogP contribution < -0.4 is 5.32 Å². The molecule has 1 aromatic rings. The summed E-state index contributed by atoms with van der Waals surface area (Å²) in [4.78, 5) is 24.6. The average Bonchev–Trinajstić information content (AvgIpc) is 2.39. The third-order valence-corrected chi connectivity index (χ3v) is 3.10. The Balaban J connectivity index is 2.09. The highest BCUT2D eigenvalue weighted by Gasteiger charge is 2.28. The SMILES string of the molecule is O=C(O)C1CN(C(=O)c2ccc(Cl)cc2)CCN1. The summed E-state index contributed by atoms with van der Waals surface area (Å²) in [5, 5.41) is 12.3. The molecule has 1 heterocycles. The van der Waals surface area contributed by atoms with Crippen molar-refractivity contribution >= 4 is 23.5 Å². The molecule has 2 N–H and O–H groups in total. The van der Waals surface area contributed by atoms with Crippen LogP contribution in [-0.4, -0.2) is 47.6 Å². The van der Waals surface area contributed by atoms with Gasteiger partial charge in [0.15, 0.2) is 0 Å². The Hall–Kier alpha value is -1.59. The number of carboxylic acids is 1. The molecule has 5 nitrogen and oxygen atoms in total. The maximum atomic E-state index is 12.1. The van der Waals surface area contributed by atoms with E-state index in [0.29, 0.717) is 23.7 Å². The van der Waals surface area contributed by atoms with Gasteiger partial charge in [0.1, 0.15) is 6.04 Å². The van der Waals surface area contributed by atoms with E-state index in [2.05, 4.69) is 5.32 Å². The van der Waals surface area contributed by atoms with Crippen molar-refractivity contribution in [2.75, 3.05) is 19.6 Å². The second-order valence-electron chi connectivity index (χ2n) is 4.10. The predicted molar refractivity (Wildman–Crippen MR) is 66.8 cm³/mol. The molecule has 1 saturated heterocycles. The standard InChI is InChI=1S/C12H13ClN2O3/c13-9-3-1-8(2-4-9)11(16)15-6-5-14-10(7-15)12(17)18/h1-4,10,14H,5-7H2,(H,17,18). The van der Waals surface area contributed by atoms with Crippen LogP contribution in [-0.2, 0) is 4.79 Å². The number of piperazine rings is 1. The Morgan fingerprint density at radius 3 is 2.61 bits per heavy atom. The van der Waals surface area contributed by atoms with Crippen molar-refractivity contribution in [3.8, 4) is 0 Å². The van der Waals surface area contributed by atoms with Gasteiger partial charge in [-0.3, -0.25) is 9.59 Å². The monoisotopic (exact) mass is 268 g/mol. The largest absolute Gasteiger partial charge is 0.480 e. The fourth-order valence-electron chi connectivity index (χ4n) is 1.87. The normalized spacial score (nSPS) is 19.6. The first-order valence-electron chi connectivity index (χ1n) is 5.59. The molecule has 1 unspecified atom stereocenters. The molecule has 1 fully saturated rings. The number of carbonyl (C=O) groups is 2. The van der Waals surface area contributed by atoms with Crippen LogP contribution in [0.1, 0.15) is 10.4 Å². The number of nitrogens with zero attached hydrogens (tertiary/aromatic N) is 1. The van der Waals surface area contributed by atoms with Gasteiger partial charge in [0.05, 0.1) is 0 Å². The summed E-state index contributed by atoms with van der Waals surface area (Å²) >= 11 is 5.75. The minimum atomic E-state index is -0.941. The van der Waals surface area contributed by atoms with Crippen molar-refractivity contribution in [2.24, 2.45) is 0 Å². The molecule has 2 rings (SSSR count). The number of hydrogen-bond acceptors (Lipinski definition) is 3. The van der Waals surface area contributed by atoms with E-state index in [9.17, 15) is 9.59 Å². The van der Waals surface area contributed by atoms with Gasteiger partial charge in [0.25, 0.3) is 5.91 Å². The van der Waals surface area contributed by atoms with Gasteiger partial charge < -0.3 is 15.3 Å². The number of nitrogens with one attached hydrogen (secondary N) is 1. The Bertz CT molecular complexity index is 461. The molecule has 0 bridgehead atoms. The molecule has 0 radical (unpaired) electrons. The number of halogens is 1. The molecule has 1 aliphatic rings. The van der Waals surface area contributed by atoms with E-state index < -0.39 is 12.0 Å². The highest BCUT2D eigenvalue weighted by atomic mass is 35.5. The van der Waals surface area contributed by atoms with Crippen molar-refractivity contribution in [3.63, 3.8) is 0 Å². The molecule has 0 spiro atoms. The molecule has 1 aromatic carbocycles. The van der Waals surface area contributed by atoms with Gasteiger partial charge in [-0.25, -0.2) is 0 Å². The van der Waals surface area contributed by atoms with E-state index in [1.165, 1.54) is 0 Å². The van der Waals surface area contributed by atoms with Crippen molar-refractivity contribution < 1.29 is 14.7 Å². The first kappa shape index (κ1) is 12.9. The van der Waals surface area contributed by atoms with Gasteiger partial charge in [0, 0.05) is 30.2 Å². The van der Waals surface area contributed by atoms with Gasteiger partial charge in [-0.2, -0.15) is 0 Å². The Morgan fingerprint density at radius 2 is 2.00 bits per heavy atom. The molecule has 1 amide bonds. The van der Waals surface area contributed by atoms with Crippen molar-refractivity contribution in [1.82, 2.24) is 10.2 Å². The van der Waals surface area contributed by atoms with E-state index >= 15 is 0 Å². The Labute approximate surface area is 109 Å². The predicted octanol–water partition coefficient (Wildman–Crippen LogP) is 0.839. The van der Waals surface area contributed by atoms with Gasteiger partial charge in [-0.05, 0) is 24.3 Å². The van der Waals surface area contributed by atoms with Gasteiger partial charge >= 0.3 is 5.97 Å². The van der Waals surface area contributed by atoms with Gasteiger partial charge in [-0.1, -0.05) is 11.6 Å². The van der Waals surface area contributed by atoms with Crippen molar-refractivity contribution in [2.45, 2.75) is 6.04 Å². The molecule has 6 heteroatoms. The highest BCUT2D eigenvalue weighted by Crippen LogP contribution is 2.12. The van der Waals surface area contributed by atoms with E-state index in [0.717, 1.165) is 0 Å². The number of hydrogen-bond donors (Lipinski definition) is 2. The molecular weight excluding hydrogens is 256 g/mol. The Morgan fingerprint density at radius 1 is 1.33 bits per heavy atom.